The first kappa shape index (κ1) is 18.0. The third-order valence-corrected chi connectivity index (χ3v) is 2.43. The number of carbonyl (C=O) groups is 2. The highest BCUT2D eigenvalue weighted by Crippen LogP contribution is 2.10. The Morgan fingerprint density at radius 3 is 2.41 bits per heavy atom. The average Bonchev–Trinajstić information content (AvgIpc) is 2.45. The van der Waals surface area contributed by atoms with Gasteiger partial charge in [-0.15, -0.1) is 0 Å². The van der Waals surface area contributed by atoms with Crippen LogP contribution in [0.5, 0.6) is 5.75 Å². The summed E-state index contributed by atoms with van der Waals surface area (Å²) in [5.74, 6) is 0.682. The van der Waals surface area contributed by atoms with Crippen molar-refractivity contribution in [3.8, 4) is 5.75 Å². The van der Waals surface area contributed by atoms with E-state index in [9.17, 15) is 9.59 Å². The molecule has 0 fully saturated rings. The zero-order valence-corrected chi connectivity index (χ0v) is 13.3. The normalized spacial score (nSPS) is 10.9. The fraction of sp³-hybridized carbons (Fsp3) is 0.500. The van der Waals surface area contributed by atoms with Gasteiger partial charge in [-0.05, 0) is 45.0 Å². The van der Waals surface area contributed by atoms with Crippen molar-refractivity contribution in [1.29, 1.82) is 0 Å². The Kier molecular flexibility index (Phi) is 7.39. The zero-order chi connectivity index (χ0) is 16.4. The number of hydrogen-bond donors (Lipinski definition) is 1. The van der Waals surface area contributed by atoms with Crippen LogP contribution in [0.3, 0.4) is 0 Å². The number of ether oxygens (including phenoxy) is 3. The van der Waals surface area contributed by atoms with E-state index >= 15 is 0 Å². The second-order valence-electron chi connectivity index (χ2n) is 5.58. The van der Waals surface area contributed by atoms with Gasteiger partial charge in [-0.2, -0.15) is 0 Å². The van der Waals surface area contributed by atoms with Gasteiger partial charge < -0.3 is 19.5 Å². The van der Waals surface area contributed by atoms with Gasteiger partial charge in [-0.3, -0.25) is 4.79 Å². The van der Waals surface area contributed by atoms with Crippen LogP contribution >= 0.6 is 0 Å². The van der Waals surface area contributed by atoms with E-state index in [4.69, 9.17) is 14.2 Å². The van der Waals surface area contributed by atoms with Crippen molar-refractivity contribution >= 4 is 12.4 Å². The van der Waals surface area contributed by atoms with E-state index in [-0.39, 0.29) is 0 Å². The number of hydrogen-bond acceptors (Lipinski definition) is 5. The van der Waals surface area contributed by atoms with E-state index < -0.39 is 11.7 Å². The van der Waals surface area contributed by atoms with E-state index in [1.54, 1.807) is 24.3 Å². The third kappa shape index (κ3) is 8.26. The molecule has 0 aliphatic carbocycles. The lowest BCUT2D eigenvalue weighted by Gasteiger charge is -2.19. The summed E-state index contributed by atoms with van der Waals surface area (Å²) in [6, 6.07) is 6.84. The summed E-state index contributed by atoms with van der Waals surface area (Å²) < 4.78 is 15.9. The Balaban J connectivity index is 2.03. The average molecular weight is 309 g/mol. The maximum atomic E-state index is 11.3. The van der Waals surface area contributed by atoms with Crippen LogP contribution in [0.25, 0.3) is 0 Å². The van der Waals surface area contributed by atoms with Crippen molar-refractivity contribution in [3.05, 3.63) is 29.8 Å². The molecule has 0 bridgehead atoms. The van der Waals surface area contributed by atoms with Crippen molar-refractivity contribution in [3.63, 3.8) is 0 Å². The summed E-state index contributed by atoms with van der Waals surface area (Å²) in [4.78, 5) is 21.8. The van der Waals surface area contributed by atoms with Crippen LogP contribution in [-0.2, 0) is 9.47 Å². The minimum Gasteiger partial charge on any atom is -0.491 e. The first-order chi connectivity index (χ1) is 10.4. The van der Waals surface area contributed by atoms with Crippen LogP contribution in [0.15, 0.2) is 24.3 Å². The summed E-state index contributed by atoms with van der Waals surface area (Å²) >= 11 is 0. The van der Waals surface area contributed by atoms with Gasteiger partial charge in [0.15, 0.2) is 0 Å². The summed E-state index contributed by atoms with van der Waals surface area (Å²) in [7, 11) is 0. The van der Waals surface area contributed by atoms with Crippen molar-refractivity contribution in [2.24, 2.45) is 0 Å². The van der Waals surface area contributed by atoms with Gasteiger partial charge in [-0.25, -0.2) is 4.79 Å². The quantitative estimate of drug-likeness (QED) is 0.589. The Hall–Kier alpha value is -2.08. The molecule has 0 radical (unpaired) electrons. The molecule has 22 heavy (non-hydrogen) atoms. The zero-order valence-electron chi connectivity index (χ0n) is 13.3. The number of nitrogens with one attached hydrogen (secondary N) is 1. The maximum Gasteiger partial charge on any atom is 0.407 e. The molecule has 0 saturated heterocycles. The smallest absolute Gasteiger partial charge is 0.407 e. The number of amides is 1. The molecule has 0 unspecified atom stereocenters. The second-order valence-corrected chi connectivity index (χ2v) is 5.58. The molecular formula is C16H23NO5. The van der Waals surface area contributed by atoms with Gasteiger partial charge in [0.2, 0.25) is 0 Å². The molecule has 0 aliphatic heterocycles. The van der Waals surface area contributed by atoms with Crippen LogP contribution < -0.4 is 10.1 Å². The first-order valence-electron chi connectivity index (χ1n) is 7.13. The minimum atomic E-state index is -0.502. The standard InChI is InChI=1S/C16H23NO5/c1-16(2,3)22-15(19)17-8-9-20-10-11-21-14-6-4-13(12-18)5-7-14/h4-7,12H,8-11H2,1-3H3,(H,17,19). The molecule has 1 N–H and O–H groups in total. The number of benzene rings is 1. The van der Waals surface area contributed by atoms with Gasteiger partial charge in [0, 0.05) is 12.1 Å². The topological polar surface area (TPSA) is 73.9 Å². The molecular weight excluding hydrogens is 286 g/mol. The molecule has 0 aliphatic rings. The molecule has 0 saturated carbocycles. The van der Waals surface area contributed by atoms with Crippen LogP contribution in [0.4, 0.5) is 4.79 Å². The number of aldehydes is 1. The molecule has 1 aromatic carbocycles. The van der Waals surface area contributed by atoms with Gasteiger partial charge in [0.25, 0.3) is 0 Å². The molecule has 6 nitrogen and oxygen atoms in total. The summed E-state index contributed by atoms with van der Waals surface area (Å²) in [5, 5.41) is 2.60. The van der Waals surface area contributed by atoms with E-state index in [1.807, 2.05) is 20.8 Å². The lowest BCUT2D eigenvalue weighted by molar-refractivity contribution is 0.0489. The Labute approximate surface area is 130 Å². The summed E-state index contributed by atoms with van der Waals surface area (Å²) in [6.45, 7) is 6.99. The number of carbonyl (C=O) groups excluding carboxylic acids is 2. The molecule has 0 spiro atoms. The number of alkyl carbamates (subject to hydrolysis) is 1. The number of rotatable bonds is 8. The van der Waals surface area contributed by atoms with Crippen LogP contribution in [0.1, 0.15) is 31.1 Å². The first-order valence-corrected chi connectivity index (χ1v) is 7.13. The summed E-state index contributed by atoms with van der Waals surface area (Å²) in [5.41, 5.74) is 0.106. The highest BCUT2D eigenvalue weighted by molar-refractivity contribution is 5.74. The molecule has 6 heteroatoms. The lowest BCUT2D eigenvalue weighted by Crippen LogP contribution is -2.34. The van der Waals surface area contributed by atoms with Crippen LogP contribution in [0.2, 0.25) is 0 Å². The van der Waals surface area contributed by atoms with E-state index in [0.29, 0.717) is 37.7 Å². The Morgan fingerprint density at radius 1 is 1.14 bits per heavy atom. The molecule has 1 amide bonds. The molecule has 0 heterocycles. The highest BCUT2D eigenvalue weighted by Gasteiger charge is 2.15. The highest BCUT2D eigenvalue weighted by atomic mass is 16.6. The SMILES string of the molecule is CC(C)(C)OC(=O)NCCOCCOc1ccc(C=O)cc1. The minimum absolute atomic E-state index is 0.378. The van der Waals surface area contributed by atoms with Gasteiger partial charge in [-0.1, -0.05) is 0 Å². The van der Waals surface area contributed by atoms with Gasteiger partial charge in [0.1, 0.15) is 24.2 Å². The predicted molar refractivity (Wildman–Crippen MR) is 82.4 cm³/mol. The van der Waals surface area contributed by atoms with Gasteiger partial charge in [0.05, 0.1) is 13.2 Å². The Morgan fingerprint density at radius 2 is 1.82 bits per heavy atom. The van der Waals surface area contributed by atoms with Gasteiger partial charge >= 0.3 is 6.09 Å². The molecule has 0 atom stereocenters. The van der Waals surface area contributed by atoms with E-state index in [2.05, 4.69) is 5.32 Å². The molecule has 1 rings (SSSR count). The van der Waals surface area contributed by atoms with Crippen molar-refractivity contribution in [2.45, 2.75) is 26.4 Å². The van der Waals surface area contributed by atoms with E-state index in [1.165, 1.54) is 0 Å². The van der Waals surface area contributed by atoms with Crippen LogP contribution in [-0.4, -0.2) is 44.3 Å². The molecule has 122 valence electrons. The van der Waals surface area contributed by atoms with Crippen molar-refractivity contribution < 1.29 is 23.8 Å². The van der Waals surface area contributed by atoms with Crippen molar-refractivity contribution in [1.82, 2.24) is 5.32 Å². The third-order valence-electron chi connectivity index (χ3n) is 2.43. The predicted octanol–water partition coefficient (Wildman–Crippen LogP) is 2.42. The summed E-state index contributed by atoms with van der Waals surface area (Å²) in [6.07, 6.45) is 0.326. The second kappa shape index (κ2) is 9.04. The van der Waals surface area contributed by atoms with Crippen LogP contribution in [0, 0.1) is 0 Å². The molecule has 0 aromatic heterocycles. The van der Waals surface area contributed by atoms with E-state index in [0.717, 1.165) is 6.29 Å². The lowest BCUT2D eigenvalue weighted by atomic mass is 10.2. The fourth-order valence-electron chi connectivity index (χ4n) is 1.50. The monoisotopic (exact) mass is 309 g/mol. The Bertz CT molecular complexity index is 464. The largest absolute Gasteiger partial charge is 0.491 e. The fourth-order valence-corrected chi connectivity index (χ4v) is 1.50. The van der Waals surface area contributed by atoms with Crippen molar-refractivity contribution in [2.75, 3.05) is 26.4 Å². The maximum absolute atomic E-state index is 11.3. The molecule has 1 aromatic rings.